The average molecular weight is 152 g/mol. The summed E-state index contributed by atoms with van der Waals surface area (Å²) in [5.41, 5.74) is 1.19. The molecule has 0 amide bonds. The molecule has 0 saturated carbocycles. The van der Waals surface area contributed by atoms with Crippen LogP contribution in [0.5, 0.6) is 0 Å². The quantitative estimate of drug-likeness (QED) is 0.593. The number of hydrogen-bond acceptors (Lipinski definition) is 1. The first-order valence-corrected chi connectivity index (χ1v) is 3.08. The first-order chi connectivity index (χ1) is 4.43. The Morgan fingerprint density at radius 1 is 1.10 bits per heavy atom. The lowest BCUT2D eigenvalue weighted by Gasteiger charge is -1.93. The van der Waals surface area contributed by atoms with Crippen LogP contribution in [0.2, 0.25) is 0 Å². The van der Waals surface area contributed by atoms with Crippen molar-refractivity contribution in [3.8, 4) is 0 Å². The van der Waals surface area contributed by atoms with Crippen LogP contribution in [0.1, 0.15) is 5.56 Å². The normalized spacial score (nSPS) is 8.50. The number of aliphatic hydroxyl groups is 1. The molecular weight excluding hydrogens is 139 g/mol. The summed E-state index contributed by atoms with van der Waals surface area (Å²) in [5, 5.41) is 8.52. The summed E-state index contributed by atoms with van der Waals surface area (Å²) in [7, 11) is 0. The molecule has 1 aromatic carbocycles. The van der Waals surface area contributed by atoms with Gasteiger partial charge in [0.15, 0.2) is 17.4 Å². The number of aliphatic hydroxyl groups excluding tert-OH is 1. The fourth-order valence-corrected chi connectivity index (χ4v) is 0.774. The molecule has 54 valence electrons. The molecule has 0 fully saturated rings. The van der Waals surface area contributed by atoms with Gasteiger partial charge < -0.3 is 5.11 Å². The van der Waals surface area contributed by atoms with Crippen molar-refractivity contribution in [1.29, 1.82) is 0 Å². The SMILES string of the molecule is OCCc1ccccc1.[AlH3]. The molecule has 10 heavy (non-hydrogen) atoms. The smallest absolute Gasteiger partial charge is 0.187 e. The number of benzene rings is 1. The zero-order valence-electron chi connectivity index (χ0n) is 5.25. The van der Waals surface area contributed by atoms with Crippen LogP contribution in [0, 0.1) is 0 Å². The highest BCUT2D eigenvalue weighted by Crippen LogP contribution is 1.97. The summed E-state index contributed by atoms with van der Waals surface area (Å²) in [6, 6.07) is 9.95. The van der Waals surface area contributed by atoms with E-state index >= 15 is 0 Å². The van der Waals surface area contributed by atoms with Crippen LogP contribution in [-0.2, 0) is 6.42 Å². The summed E-state index contributed by atoms with van der Waals surface area (Å²) >= 11 is 0. The Morgan fingerprint density at radius 2 is 1.70 bits per heavy atom. The molecule has 1 rings (SSSR count). The van der Waals surface area contributed by atoms with Crippen molar-refractivity contribution >= 4 is 17.4 Å². The zero-order valence-corrected chi connectivity index (χ0v) is 5.25. The van der Waals surface area contributed by atoms with E-state index in [0.717, 1.165) is 6.42 Å². The number of rotatable bonds is 2. The Labute approximate surface area is 71.8 Å². The van der Waals surface area contributed by atoms with Gasteiger partial charge in [-0.25, -0.2) is 0 Å². The highest BCUT2D eigenvalue weighted by molar-refractivity contribution is 5.75. The Bertz CT molecular complexity index is 162. The van der Waals surface area contributed by atoms with Gasteiger partial charge in [-0.05, 0) is 12.0 Å². The zero-order chi connectivity index (χ0) is 6.53. The van der Waals surface area contributed by atoms with Gasteiger partial charge in [0.1, 0.15) is 0 Å². The maximum atomic E-state index is 8.52. The van der Waals surface area contributed by atoms with Crippen LogP contribution in [0.3, 0.4) is 0 Å². The average Bonchev–Trinajstić information content (AvgIpc) is 1.91. The molecule has 2 heteroatoms. The minimum absolute atomic E-state index is 0. The van der Waals surface area contributed by atoms with Crippen molar-refractivity contribution in [2.45, 2.75) is 6.42 Å². The third-order valence-corrected chi connectivity index (χ3v) is 1.24. The van der Waals surface area contributed by atoms with Gasteiger partial charge in [-0.15, -0.1) is 0 Å². The van der Waals surface area contributed by atoms with Crippen LogP contribution >= 0.6 is 0 Å². The van der Waals surface area contributed by atoms with Crippen molar-refractivity contribution in [2.75, 3.05) is 6.61 Å². The molecule has 0 bridgehead atoms. The van der Waals surface area contributed by atoms with Crippen LogP contribution in [0.4, 0.5) is 0 Å². The van der Waals surface area contributed by atoms with Crippen molar-refractivity contribution < 1.29 is 5.11 Å². The fourth-order valence-electron chi connectivity index (χ4n) is 0.774. The second kappa shape index (κ2) is 5.49. The van der Waals surface area contributed by atoms with Crippen molar-refractivity contribution in [3.05, 3.63) is 35.9 Å². The highest BCUT2D eigenvalue weighted by atomic mass is 27.0. The molecule has 0 radical (unpaired) electrons. The molecule has 0 spiro atoms. The lowest BCUT2D eigenvalue weighted by atomic mass is 10.2. The first-order valence-electron chi connectivity index (χ1n) is 3.08. The van der Waals surface area contributed by atoms with Crippen molar-refractivity contribution in [1.82, 2.24) is 0 Å². The highest BCUT2D eigenvalue weighted by Gasteiger charge is 1.85. The molecule has 0 aliphatic carbocycles. The Kier molecular flexibility index (Phi) is 5.34. The second-order valence-electron chi connectivity index (χ2n) is 1.96. The Morgan fingerprint density at radius 3 is 2.20 bits per heavy atom. The maximum Gasteiger partial charge on any atom is 0.187 e. The standard InChI is InChI=1S/C8H10O.Al.3H/c9-7-6-8-4-2-1-3-5-8;;;;/h1-5,9H,6-7H2;;;;. The van der Waals surface area contributed by atoms with E-state index in [0.29, 0.717) is 0 Å². The van der Waals surface area contributed by atoms with Crippen LogP contribution in [0.25, 0.3) is 0 Å². The minimum Gasteiger partial charge on any atom is -0.396 e. The van der Waals surface area contributed by atoms with E-state index < -0.39 is 0 Å². The molecular formula is C8H13AlO. The predicted molar refractivity (Wildman–Crippen MR) is 47.2 cm³/mol. The molecule has 0 aliphatic heterocycles. The third kappa shape index (κ3) is 3.03. The Balaban J connectivity index is 0.000000810. The van der Waals surface area contributed by atoms with E-state index in [-0.39, 0.29) is 24.0 Å². The van der Waals surface area contributed by atoms with E-state index in [1.54, 1.807) is 0 Å². The second-order valence-corrected chi connectivity index (χ2v) is 1.96. The van der Waals surface area contributed by atoms with E-state index in [4.69, 9.17) is 5.11 Å². The van der Waals surface area contributed by atoms with Crippen molar-refractivity contribution in [3.63, 3.8) is 0 Å². The molecule has 0 atom stereocenters. The lowest BCUT2D eigenvalue weighted by Crippen LogP contribution is -1.88. The molecule has 0 saturated heterocycles. The molecule has 0 heterocycles. The summed E-state index contributed by atoms with van der Waals surface area (Å²) in [6.07, 6.45) is 0.765. The summed E-state index contributed by atoms with van der Waals surface area (Å²) in [4.78, 5) is 0. The molecule has 1 aromatic rings. The van der Waals surface area contributed by atoms with Gasteiger partial charge in [0, 0.05) is 6.61 Å². The van der Waals surface area contributed by atoms with Crippen LogP contribution in [-0.4, -0.2) is 29.1 Å². The van der Waals surface area contributed by atoms with Gasteiger partial charge >= 0.3 is 0 Å². The van der Waals surface area contributed by atoms with Gasteiger partial charge in [-0.2, -0.15) is 0 Å². The first kappa shape index (κ1) is 9.71. The largest absolute Gasteiger partial charge is 0.396 e. The maximum absolute atomic E-state index is 8.52. The lowest BCUT2D eigenvalue weighted by molar-refractivity contribution is 0.299. The summed E-state index contributed by atoms with van der Waals surface area (Å²) in [5.74, 6) is 0. The van der Waals surface area contributed by atoms with E-state index in [1.807, 2.05) is 30.3 Å². The van der Waals surface area contributed by atoms with E-state index in [9.17, 15) is 0 Å². The minimum atomic E-state index is 0. The van der Waals surface area contributed by atoms with E-state index in [2.05, 4.69) is 0 Å². The Hall–Kier alpha value is -0.288. The molecule has 1 nitrogen and oxygen atoms in total. The van der Waals surface area contributed by atoms with Crippen LogP contribution in [0.15, 0.2) is 30.3 Å². The van der Waals surface area contributed by atoms with Gasteiger partial charge in [0.2, 0.25) is 0 Å². The van der Waals surface area contributed by atoms with Gasteiger partial charge in [0.05, 0.1) is 0 Å². The van der Waals surface area contributed by atoms with E-state index in [1.165, 1.54) is 5.56 Å². The van der Waals surface area contributed by atoms with Gasteiger partial charge in [0.25, 0.3) is 0 Å². The van der Waals surface area contributed by atoms with Crippen LogP contribution < -0.4 is 0 Å². The summed E-state index contributed by atoms with van der Waals surface area (Å²) in [6.45, 7) is 0.240. The molecule has 0 aliphatic rings. The predicted octanol–water partition coefficient (Wildman–Crippen LogP) is 0.0375. The third-order valence-electron chi connectivity index (χ3n) is 1.24. The molecule has 0 unspecified atom stereocenters. The number of hydrogen-bond donors (Lipinski definition) is 1. The van der Waals surface area contributed by atoms with Crippen molar-refractivity contribution in [2.24, 2.45) is 0 Å². The monoisotopic (exact) mass is 152 g/mol. The van der Waals surface area contributed by atoms with Gasteiger partial charge in [-0.3, -0.25) is 0 Å². The molecule has 1 N–H and O–H groups in total. The fraction of sp³-hybridized carbons (Fsp3) is 0.250. The summed E-state index contributed by atoms with van der Waals surface area (Å²) < 4.78 is 0. The topological polar surface area (TPSA) is 20.2 Å². The molecule has 0 aromatic heterocycles. The van der Waals surface area contributed by atoms with Gasteiger partial charge in [-0.1, -0.05) is 30.3 Å².